The molecule has 3 aromatic rings. The van der Waals surface area contributed by atoms with E-state index in [0.717, 1.165) is 4.21 Å². The fourth-order valence-corrected chi connectivity index (χ4v) is 3.78. The number of hydrogen-bond acceptors (Lipinski definition) is 8. The largest absolute Gasteiger partial charge is 0.465 e. The number of amides is 1. The van der Waals surface area contributed by atoms with Crippen molar-refractivity contribution in [3.8, 4) is 5.88 Å². The molecule has 0 fully saturated rings. The molecule has 0 spiro atoms. The first kappa shape index (κ1) is 18.0. The van der Waals surface area contributed by atoms with Crippen molar-refractivity contribution in [2.45, 2.75) is 16.0 Å². The maximum atomic E-state index is 12.2. The number of nitro groups is 1. The van der Waals surface area contributed by atoms with Crippen LogP contribution in [0, 0.1) is 17.0 Å². The Morgan fingerprint density at radius 1 is 1.42 bits per heavy atom. The maximum Gasteiger partial charge on any atom is 0.271 e. The first-order valence-corrected chi connectivity index (χ1v) is 9.06. The van der Waals surface area contributed by atoms with Crippen molar-refractivity contribution in [3.05, 3.63) is 57.7 Å². The number of aromatic nitrogens is 1. The second-order valence-corrected chi connectivity index (χ2v) is 7.37. The number of carbonyl (C=O) groups is 1. The third kappa shape index (κ3) is 4.61. The maximum absolute atomic E-state index is 12.2. The lowest BCUT2D eigenvalue weighted by molar-refractivity contribution is -0.384. The monoisotopic (exact) mass is 391 g/mol. The molecule has 0 saturated heterocycles. The van der Waals surface area contributed by atoms with Gasteiger partial charge in [0.2, 0.25) is 0 Å². The third-order valence-electron chi connectivity index (χ3n) is 3.11. The number of benzene rings is 1. The Kier molecular flexibility index (Phi) is 5.54. The van der Waals surface area contributed by atoms with Crippen molar-refractivity contribution in [1.82, 2.24) is 5.16 Å². The summed E-state index contributed by atoms with van der Waals surface area (Å²) in [5, 5.41) is 19.2. The smallest absolute Gasteiger partial charge is 0.271 e. The van der Waals surface area contributed by atoms with Gasteiger partial charge >= 0.3 is 0 Å². The summed E-state index contributed by atoms with van der Waals surface area (Å²) in [5.41, 5.74) is 0.242. The van der Waals surface area contributed by atoms with E-state index in [-0.39, 0.29) is 18.2 Å². The molecule has 1 amide bonds. The fourth-order valence-electron chi connectivity index (χ4n) is 1.99. The first-order valence-electron chi connectivity index (χ1n) is 7.37. The number of nitrogens with zero attached hydrogens (tertiary/aromatic N) is 2. The number of nitro benzene ring substituents is 1. The van der Waals surface area contributed by atoms with Crippen molar-refractivity contribution in [2.24, 2.45) is 0 Å². The number of hydrogen-bond donors (Lipinski definition) is 1. The second-order valence-electron chi connectivity index (χ2n) is 5.08. The molecule has 10 heteroatoms. The number of aryl methyl sites for hydroxylation is 1. The van der Waals surface area contributed by atoms with Crippen LogP contribution in [-0.2, 0) is 4.79 Å². The van der Waals surface area contributed by atoms with Gasteiger partial charge in [-0.25, -0.2) is 0 Å². The summed E-state index contributed by atoms with van der Waals surface area (Å²) < 4.78 is 11.1. The van der Waals surface area contributed by atoms with E-state index in [1.807, 2.05) is 17.5 Å². The molecule has 2 aromatic heterocycles. The van der Waals surface area contributed by atoms with Crippen LogP contribution in [0.2, 0.25) is 0 Å². The van der Waals surface area contributed by atoms with Gasteiger partial charge in [-0.3, -0.25) is 14.9 Å². The van der Waals surface area contributed by atoms with Gasteiger partial charge in [-0.15, -0.1) is 11.3 Å². The van der Waals surface area contributed by atoms with E-state index in [4.69, 9.17) is 9.26 Å². The molecule has 0 aliphatic carbocycles. The van der Waals surface area contributed by atoms with E-state index >= 15 is 0 Å². The molecule has 0 atom stereocenters. The van der Waals surface area contributed by atoms with Crippen LogP contribution >= 0.6 is 23.1 Å². The Hall–Kier alpha value is -2.85. The molecular formula is C16H13N3O5S2. The van der Waals surface area contributed by atoms with Gasteiger partial charge in [0, 0.05) is 23.1 Å². The number of anilines is 1. The number of carbonyl (C=O) groups excluding carboxylic acids is 1. The summed E-state index contributed by atoms with van der Waals surface area (Å²) in [7, 11) is 0. The lowest BCUT2D eigenvalue weighted by atomic mass is 10.3. The summed E-state index contributed by atoms with van der Waals surface area (Å²) in [4.78, 5) is 23.4. The van der Waals surface area contributed by atoms with Crippen molar-refractivity contribution in [2.75, 3.05) is 11.9 Å². The summed E-state index contributed by atoms with van der Waals surface area (Å²) in [5.74, 6) is 0.304. The fraction of sp³-hybridized carbons (Fsp3) is 0.125. The summed E-state index contributed by atoms with van der Waals surface area (Å²) >= 11 is 2.95. The Morgan fingerprint density at radius 2 is 2.27 bits per heavy atom. The highest BCUT2D eigenvalue weighted by atomic mass is 32.2. The lowest BCUT2D eigenvalue weighted by Gasteiger charge is -2.10. The molecule has 0 unspecified atom stereocenters. The summed E-state index contributed by atoms with van der Waals surface area (Å²) in [6.45, 7) is 1.41. The van der Waals surface area contributed by atoms with Gasteiger partial charge < -0.3 is 14.6 Å². The van der Waals surface area contributed by atoms with Gasteiger partial charge in [0.15, 0.2) is 6.61 Å². The summed E-state index contributed by atoms with van der Waals surface area (Å²) in [6, 6.07) is 9.73. The number of rotatable bonds is 7. The second kappa shape index (κ2) is 8.02. The van der Waals surface area contributed by atoms with Crippen molar-refractivity contribution in [3.63, 3.8) is 0 Å². The van der Waals surface area contributed by atoms with Gasteiger partial charge in [0.05, 0.1) is 14.8 Å². The third-order valence-corrected chi connectivity index (χ3v) is 5.22. The van der Waals surface area contributed by atoms with Crippen LogP contribution in [-0.4, -0.2) is 22.6 Å². The minimum absolute atomic E-state index is 0.108. The van der Waals surface area contributed by atoms with Gasteiger partial charge in [0.25, 0.3) is 17.5 Å². The van der Waals surface area contributed by atoms with E-state index in [9.17, 15) is 14.9 Å². The first-order chi connectivity index (χ1) is 12.5. The van der Waals surface area contributed by atoms with Crippen molar-refractivity contribution in [1.29, 1.82) is 0 Å². The Bertz CT molecular complexity index is 924. The molecule has 1 N–H and O–H groups in total. The predicted molar refractivity (Wildman–Crippen MR) is 96.9 cm³/mol. The highest BCUT2D eigenvalue weighted by Crippen LogP contribution is 2.37. The molecule has 0 aliphatic heterocycles. The van der Waals surface area contributed by atoms with Crippen molar-refractivity contribution >= 4 is 40.4 Å². The normalized spacial score (nSPS) is 10.5. The molecule has 0 aliphatic rings. The highest BCUT2D eigenvalue weighted by Gasteiger charge is 2.15. The van der Waals surface area contributed by atoms with Crippen LogP contribution < -0.4 is 10.1 Å². The van der Waals surface area contributed by atoms with E-state index in [1.165, 1.54) is 35.2 Å². The topological polar surface area (TPSA) is 108 Å². The molecule has 0 bridgehead atoms. The molecule has 0 radical (unpaired) electrons. The van der Waals surface area contributed by atoms with Gasteiger partial charge in [-0.2, -0.15) is 0 Å². The van der Waals surface area contributed by atoms with Crippen LogP contribution in [0.1, 0.15) is 5.76 Å². The predicted octanol–water partition coefficient (Wildman–Crippen LogP) is 4.12. The van der Waals surface area contributed by atoms with E-state index in [1.54, 1.807) is 19.1 Å². The standard InChI is InChI=1S/C16H13N3O5S2/c1-10-7-15(18-24-10)23-9-14(20)17-12-8-11(19(21)22)4-5-13(12)26-16-3-2-6-25-16/h2-8H,9H2,1H3,(H,17,20). The van der Waals surface area contributed by atoms with Gasteiger partial charge in [-0.1, -0.05) is 17.8 Å². The van der Waals surface area contributed by atoms with Gasteiger partial charge in [-0.05, 0) is 29.6 Å². The Morgan fingerprint density at radius 3 is 2.92 bits per heavy atom. The molecule has 0 saturated carbocycles. The molecule has 3 rings (SSSR count). The van der Waals surface area contributed by atoms with E-state index < -0.39 is 10.8 Å². The minimum atomic E-state index is -0.510. The van der Waals surface area contributed by atoms with Gasteiger partial charge in [0.1, 0.15) is 5.76 Å². The number of ether oxygens (including phenoxy) is 1. The molecule has 2 heterocycles. The summed E-state index contributed by atoms with van der Waals surface area (Å²) in [6.07, 6.45) is 0. The van der Waals surface area contributed by atoms with Crippen molar-refractivity contribution < 1.29 is 19.0 Å². The SMILES string of the molecule is Cc1cc(OCC(=O)Nc2cc([N+](=O)[O-])ccc2Sc2cccs2)no1. The van der Waals surface area contributed by atoms with Crippen LogP contribution in [0.25, 0.3) is 0 Å². The quantitative estimate of drug-likeness (QED) is 0.477. The molecule has 134 valence electrons. The van der Waals surface area contributed by atoms with E-state index in [0.29, 0.717) is 16.3 Å². The van der Waals surface area contributed by atoms with Crippen LogP contribution in [0.4, 0.5) is 11.4 Å². The molecule has 1 aromatic carbocycles. The minimum Gasteiger partial charge on any atom is -0.465 e. The molecule has 26 heavy (non-hydrogen) atoms. The zero-order valence-electron chi connectivity index (χ0n) is 13.5. The highest BCUT2D eigenvalue weighted by molar-refractivity contribution is 8.01. The lowest BCUT2D eigenvalue weighted by Crippen LogP contribution is -2.20. The average Bonchev–Trinajstić information content (AvgIpc) is 3.26. The number of nitrogens with one attached hydrogen (secondary N) is 1. The number of thiophene rings is 1. The van der Waals surface area contributed by atoms with E-state index in [2.05, 4.69) is 10.5 Å². The Balaban J connectivity index is 1.73. The zero-order chi connectivity index (χ0) is 18.5. The van der Waals surface area contributed by atoms with Crippen LogP contribution in [0.15, 0.2) is 55.4 Å². The van der Waals surface area contributed by atoms with Crippen LogP contribution in [0.5, 0.6) is 5.88 Å². The average molecular weight is 391 g/mol. The Labute approximate surface area is 156 Å². The molecule has 8 nitrogen and oxygen atoms in total. The van der Waals surface area contributed by atoms with Crippen LogP contribution in [0.3, 0.4) is 0 Å². The molecular weight excluding hydrogens is 378 g/mol. The number of non-ortho nitro benzene ring substituents is 1. The zero-order valence-corrected chi connectivity index (χ0v) is 15.1.